The van der Waals surface area contributed by atoms with E-state index < -0.39 is 0 Å². The summed E-state index contributed by atoms with van der Waals surface area (Å²) in [7, 11) is 0. The summed E-state index contributed by atoms with van der Waals surface area (Å²) in [6.45, 7) is 0. The van der Waals surface area contributed by atoms with Gasteiger partial charge in [-0.25, -0.2) is 0 Å². The van der Waals surface area contributed by atoms with Crippen molar-refractivity contribution in [3.05, 3.63) is 42.2 Å². The summed E-state index contributed by atoms with van der Waals surface area (Å²) >= 11 is 0. The molecule has 2 aromatic heterocycles. The Morgan fingerprint density at radius 2 is 2.15 bits per heavy atom. The third-order valence-corrected chi connectivity index (χ3v) is 3.96. The second-order valence-corrected chi connectivity index (χ2v) is 5.28. The maximum atomic E-state index is 12.3. The fourth-order valence-electron chi connectivity index (χ4n) is 2.90. The van der Waals surface area contributed by atoms with Gasteiger partial charge in [0.2, 0.25) is 5.91 Å². The summed E-state index contributed by atoms with van der Waals surface area (Å²) in [5.41, 5.74) is 6.94. The Morgan fingerprint density at radius 1 is 1.30 bits per heavy atom. The van der Waals surface area contributed by atoms with Crippen LogP contribution in [0.5, 0.6) is 0 Å². The van der Waals surface area contributed by atoms with Gasteiger partial charge in [0.25, 0.3) is 5.91 Å². The fraction of sp³-hybridized carbons (Fsp3) is 0.333. The Kier molecular flexibility index (Phi) is 3.18. The Morgan fingerprint density at radius 3 is 2.90 bits per heavy atom. The maximum Gasteiger partial charge on any atom is 0.253 e. The van der Waals surface area contributed by atoms with Crippen molar-refractivity contribution in [3.63, 3.8) is 0 Å². The summed E-state index contributed by atoms with van der Waals surface area (Å²) in [6, 6.07) is 7.48. The molecule has 0 saturated heterocycles. The van der Waals surface area contributed by atoms with Crippen LogP contribution < -0.4 is 11.1 Å². The Balaban J connectivity index is 1.77. The van der Waals surface area contributed by atoms with Crippen molar-refractivity contribution >= 4 is 17.3 Å². The normalized spacial score (nSPS) is 22.0. The van der Waals surface area contributed by atoms with Crippen molar-refractivity contribution in [2.75, 3.05) is 0 Å². The van der Waals surface area contributed by atoms with Gasteiger partial charge in [0.05, 0.1) is 11.5 Å². The van der Waals surface area contributed by atoms with E-state index in [-0.39, 0.29) is 23.8 Å². The Labute approximate surface area is 116 Å². The quantitative estimate of drug-likeness (QED) is 0.883. The number of amides is 2. The molecule has 0 spiro atoms. The Bertz CT molecular complexity index is 629. The average molecular weight is 271 g/mol. The molecule has 0 bridgehead atoms. The molecule has 3 rings (SSSR count). The summed E-state index contributed by atoms with van der Waals surface area (Å²) in [5.74, 6) is -0.710. The minimum absolute atomic E-state index is 0.136. The number of hydrogen-bond acceptors (Lipinski definition) is 2. The van der Waals surface area contributed by atoms with Crippen LogP contribution in [0, 0.1) is 5.92 Å². The number of rotatable bonds is 3. The highest BCUT2D eigenvalue weighted by Gasteiger charge is 2.32. The van der Waals surface area contributed by atoms with Crippen LogP contribution in [0.2, 0.25) is 0 Å². The van der Waals surface area contributed by atoms with Crippen LogP contribution in [0.15, 0.2) is 36.7 Å². The number of nitrogens with two attached hydrogens (primary N) is 1. The molecule has 2 atom stereocenters. The number of aromatic nitrogens is 1. The van der Waals surface area contributed by atoms with Crippen LogP contribution in [0.25, 0.3) is 5.52 Å². The van der Waals surface area contributed by atoms with E-state index in [2.05, 4.69) is 5.32 Å². The van der Waals surface area contributed by atoms with Gasteiger partial charge in [-0.3, -0.25) is 9.59 Å². The first kappa shape index (κ1) is 12.7. The van der Waals surface area contributed by atoms with Crippen molar-refractivity contribution < 1.29 is 9.59 Å². The zero-order valence-electron chi connectivity index (χ0n) is 11.1. The van der Waals surface area contributed by atoms with Crippen LogP contribution in [0.1, 0.15) is 29.6 Å². The molecule has 3 N–H and O–H groups in total. The minimum Gasteiger partial charge on any atom is -0.369 e. The molecule has 2 heterocycles. The smallest absolute Gasteiger partial charge is 0.253 e. The van der Waals surface area contributed by atoms with E-state index in [0.29, 0.717) is 5.56 Å². The molecule has 0 aromatic carbocycles. The molecular formula is C15H17N3O2. The van der Waals surface area contributed by atoms with E-state index in [0.717, 1.165) is 24.8 Å². The average Bonchev–Trinajstić information content (AvgIpc) is 3.03. The molecule has 2 aromatic rings. The van der Waals surface area contributed by atoms with Crippen molar-refractivity contribution in [3.8, 4) is 0 Å². The first-order valence-corrected chi connectivity index (χ1v) is 6.82. The van der Waals surface area contributed by atoms with E-state index >= 15 is 0 Å². The van der Waals surface area contributed by atoms with E-state index in [9.17, 15) is 9.59 Å². The van der Waals surface area contributed by atoms with Crippen LogP contribution in [0.4, 0.5) is 0 Å². The van der Waals surface area contributed by atoms with Gasteiger partial charge in [0.15, 0.2) is 0 Å². The van der Waals surface area contributed by atoms with Gasteiger partial charge >= 0.3 is 0 Å². The molecule has 2 amide bonds. The highest BCUT2D eigenvalue weighted by Crippen LogP contribution is 2.25. The van der Waals surface area contributed by atoms with Crippen LogP contribution in [-0.4, -0.2) is 22.3 Å². The van der Waals surface area contributed by atoms with Crippen molar-refractivity contribution in [1.82, 2.24) is 9.72 Å². The number of carbonyl (C=O) groups excluding carboxylic acids is 2. The second kappa shape index (κ2) is 5.00. The van der Waals surface area contributed by atoms with Crippen molar-refractivity contribution in [2.24, 2.45) is 11.7 Å². The standard InChI is InChI=1S/C15H17N3O2/c16-14(19)12-5-3-6-13(12)17-15(20)10-8-11-4-1-2-7-18(11)9-10/h1-2,4,7-9,12-13H,3,5-6H2,(H2,16,19)(H,17,20)/t12-,13-/m0/s1. The number of nitrogens with one attached hydrogen (secondary N) is 1. The summed E-state index contributed by atoms with van der Waals surface area (Å²) in [5, 5.41) is 2.93. The van der Waals surface area contributed by atoms with E-state index in [1.807, 2.05) is 34.9 Å². The number of hydrogen-bond donors (Lipinski definition) is 2. The summed E-state index contributed by atoms with van der Waals surface area (Å²) in [6.07, 6.45) is 6.19. The van der Waals surface area contributed by atoms with Gasteiger partial charge in [0.1, 0.15) is 0 Å². The van der Waals surface area contributed by atoms with Gasteiger partial charge < -0.3 is 15.5 Å². The molecule has 1 fully saturated rings. The fourth-order valence-corrected chi connectivity index (χ4v) is 2.90. The van der Waals surface area contributed by atoms with Crippen molar-refractivity contribution in [2.45, 2.75) is 25.3 Å². The molecule has 0 unspecified atom stereocenters. The summed E-state index contributed by atoms with van der Waals surface area (Å²) < 4.78 is 1.90. The number of nitrogens with zero attached hydrogens (tertiary/aromatic N) is 1. The number of fused-ring (bicyclic) bond motifs is 1. The highest BCUT2D eigenvalue weighted by molar-refractivity contribution is 5.96. The highest BCUT2D eigenvalue weighted by atomic mass is 16.2. The molecule has 104 valence electrons. The lowest BCUT2D eigenvalue weighted by molar-refractivity contribution is -0.122. The van der Waals surface area contributed by atoms with Gasteiger partial charge in [0, 0.05) is 24.0 Å². The SMILES string of the molecule is NC(=O)[C@H]1CCC[C@@H]1NC(=O)c1cc2ccccn2c1. The molecule has 1 saturated carbocycles. The lowest BCUT2D eigenvalue weighted by atomic mass is 10.0. The molecule has 5 heteroatoms. The van der Waals surface area contributed by atoms with Gasteiger partial charge in [-0.15, -0.1) is 0 Å². The monoisotopic (exact) mass is 271 g/mol. The molecular weight excluding hydrogens is 254 g/mol. The van der Waals surface area contributed by atoms with Crippen LogP contribution in [-0.2, 0) is 4.79 Å². The number of primary amides is 1. The van der Waals surface area contributed by atoms with Crippen molar-refractivity contribution in [1.29, 1.82) is 0 Å². The molecule has 0 radical (unpaired) electrons. The van der Waals surface area contributed by atoms with E-state index in [1.165, 1.54) is 0 Å². The molecule has 0 aliphatic heterocycles. The maximum absolute atomic E-state index is 12.3. The molecule has 1 aliphatic carbocycles. The molecule has 1 aliphatic rings. The Hall–Kier alpha value is -2.30. The first-order chi connectivity index (χ1) is 9.65. The first-order valence-electron chi connectivity index (χ1n) is 6.82. The van der Waals surface area contributed by atoms with E-state index in [4.69, 9.17) is 5.73 Å². The van der Waals surface area contributed by atoms with Gasteiger partial charge in [-0.2, -0.15) is 0 Å². The number of pyridine rings is 1. The zero-order chi connectivity index (χ0) is 14.1. The predicted octanol–water partition coefficient (Wildman–Crippen LogP) is 1.32. The zero-order valence-corrected chi connectivity index (χ0v) is 11.1. The van der Waals surface area contributed by atoms with Crippen LogP contribution >= 0.6 is 0 Å². The largest absolute Gasteiger partial charge is 0.369 e. The second-order valence-electron chi connectivity index (χ2n) is 5.28. The van der Waals surface area contributed by atoms with Crippen LogP contribution in [0.3, 0.4) is 0 Å². The summed E-state index contributed by atoms with van der Waals surface area (Å²) in [4.78, 5) is 23.6. The molecule has 5 nitrogen and oxygen atoms in total. The lowest BCUT2D eigenvalue weighted by Crippen LogP contribution is -2.42. The third-order valence-electron chi connectivity index (χ3n) is 3.96. The number of carbonyl (C=O) groups is 2. The third kappa shape index (κ3) is 2.27. The molecule has 20 heavy (non-hydrogen) atoms. The topological polar surface area (TPSA) is 76.6 Å². The predicted molar refractivity (Wildman–Crippen MR) is 75.2 cm³/mol. The minimum atomic E-state index is -0.324. The van der Waals surface area contributed by atoms with E-state index in [1.54, 1.807) is 6.20 Å². The van der Waals surface area contributed by atoms with Gasteiger partial charge in [-0.05, 0) is 31.0 Å². The lowest BCUT2D eigenvalue weighted by Gasteiger charge is -2.17. The van der Waals surface area contributed by atoms with Gasteiger partial charge in [-0.1, -0.05) is 12.5 Å².